The average Bonchev–Trinajstić information content (AvgIpc) is 2.46. The maximum Gasteiger partial charge on any atom is 0.0284 e. The molecule has 0 aromatic heterocycles. The van der Waals surface area contributed by atoms with Crippen LogP contribution in [-0.2, 0) is 12.8 Å². The van der Waals surface area contributed by atoms with Gasteiger partial charge >= 0.3 is 0 Å². The lowest BCUT2D eigenvalue weighted by Gasteiger charge is -2.30. The molecule has 0 saturated carbocycles. The third-order valence-corrected chi connectivity index (χ3v) is 3.76. The number of benzene rings is 2. The Labute approximate surface area is 122 Å². The zero-order chi connectivity index (χ0) is 14.4. The number of hydrogen-bond donors (Lipinski definition) is 1. The van der Waals surface area contributed by atoms with Crippen LogP contribution in [0.5, 0.6) is 0 Å². The van der Waals surface area contributed by atoms with E-state index < -0.39 is 0 Å². The van der Waals surface area contributed by atoms with Gasteiger partial charge in [0.05, 0.1) is 0 Å². The highest BCUT2D eigenvalue weighted by Gasteiger charge is 2.20. The summed E-state index contributed by atoms with van der Waals surface area (Å²) in [6.07, 6.45) is 1.90. The number of nitrogens with zero attached hydrogens (tertiary/aromatic N) is 1. The van der Waals surface area contributed by atoms with E-state index in [1.807, 2.05) is 6.07 Å². The standard InChI is InChI=1S/C18H24N2/c1-20(2)18(14-16-11-7-4-8-12-16)17(19)13-15-9-5-3-6-10-15/h3-12,17-18H,13-14,19H2,1-2H3. The van der Waals surface area contributed by atoms with Crippen LogP contribution in [0.1, 0.15) is 11.1 Å². The largest absolute Gasteiger partial charge is 0.326 e. The summed E-state index contributed by atoms with van der Waals surface area (Å²) in [4.78, 5) is 2.24. The molecule has 2 heteroatoms. The topological polar surface area (TPSA) is 29.3 Å². The van der Waals surface area contributed by atoms with Gasteiger partial charge in [-0.2, -0.15) is 0 Å². The fourth-order valence-electron chi connectivity index (χ4n) is 2.59. The quantitative estimate of drug-likeness (QED) is 0.873. The summed E-state index contributed by atoms with van der Waals surface area (Å²) in [5.41, 5.74) is 9.10. The van der Waals surface area contributed by atoms with Crippen molar-refractivity contribution in [1.82, 2.24) is 4.90 Å². The van der Waals surface area contributed by atoms with Gasteiger partial charge in [-0.25, -0.2) is 0 Å². The first-order valence-corrected chi connectivity index (χ1v) is 7.16. The molecule has 2 N–H and O–H groups in total. The van der Waals surface area contributed by atoms with E-state index in [1.54, 1.807) is 0 Å². The minimum Gasteiger partial charge on any atom is -0.326 e. The zero-order valence-corrected chi connectivity index (χ0v) is 12.4. The average molecular weight is 268 g/mol. The molecule has 2 nitrogen and oxygen atoms in total. The van der Waals surface area contributed by atoms with Crippen molar-refractivity contribution in [1.29, 1.82) is 0 Å². The van der Waals surface area contributed by atoms with Crippen molar-refractivity contribution in [3.63, 3.8) is 0 Å². The zero-order valence-electron chi connectivity index (χ0n) is 12.4. The van der Waals surface area contributed by atoms with Crippen LogP contribution in [0, 0.1) is 0 Å². The van der Waals surface area contributed by atoms with Crippen LogP contribution in [0.15, 0.2) is 60.7 Å². The van der Waals surface area contributed by atoms with Gasteiger partial charge in [0, 0.05) is 12.1 Å². The molecule has 0 aliphatic heterocycles. The summed E-state index contributed by atoms with van der Waals surface area (Å²) in [6, 6.07) is 21.5. The Kier molecular flexibility index (Phi) is 5.33. The van der Waals surface area contributed by atoms with E-state index in [0.717, 1.165) is 12.8 Å². The van der Waals surface area contributed by atoms with Crippen LogP contribution >= 0.6 is 0 Å². The van der Waals surface area contributed by atoms with E-state index in [0.29, 0.717) is 6.04 Å². The Morgan fingerprint density at radius 3 is 1.70 bits per heavy atom. The molecule has 0 radical (unpaired) electrons. The molecular formula is C18H24N2. The number of hydrogen-bond acceptors (Lipinski definition) is 2. The van der Waals surface area contributed by atoms with E-state index in [-0.39, 0.29) is 6.04 Å². The number of rotatable bonds is 6. The molecule has 20 heavy (non-hydrogen) atoms. The SMILES string of the molecule is CN(C)C(Cc1ccccc1)C(N)Cc1ccccc1. The van der Waals surface area contributed by atoms with Crippen LogP contribution in [0.2, 0.25) is 0 Å². The highest BCUT2D eigenvalue weighted by Crippen LogP contribution is 2.13. The summed E-state index contributed by atoms with van der Waals surface area (Å²) >= 11 is 0. The van der Waals surface area contributed by atoms with Crippen LogP contribution in [-0.4, -0.2) is 31.1 Å². The molecule has 2 aromatic carbocycles. The summed E-state index contributed by atoms with van der Waals surface area (Å²) in [5, 5.41) is 0. The van der Waals surface area contributed by atoms with Gasteiger partial charge in [0.1, 0.15) is 0 Å². The van der Waals surface area contributed by atoms with Gasteiger partial charge in [-0.05, 0) is 38.1 Å². The van der Waals surface area contributed by atoms with Crippen LogP contribution in [0.3, 0.4) is 0 Å². The Morgan fingerprint density at radius 1 is 0.800 bits per heavy atom. The van der Waals surface area contributed by atoms with E-state index in [2.05, 4.69) is 73.6 Å². The van der Waals surface area contributed by atoms with Crippen molar-refractivity contribution in [2.45, 2.75) is 24.9 Å². The van der Waals surface area contributed by atoms with E-state index in [9.17, 15) is 0 Å². The van der Waals surface area contributed by atoms with Crippen molar-refractivity contribution >= 4 is 0 Å². The molecule has 0 fully saturated rings. The molecule has 0 aliphatic rings. The van der Waals surface area contributed by atoms with Gasteiger partial charge in [0.15, 0.2) is 0 Å². The van der Waals surface area contributed by atoms with Crippen LogP contribution < -0.4 is 5.73 Å². The Hall–Kier alpha value is -1.64. The second-order valence-electron chi connectivity index (χ2n) is 5.57. The summed E-state index contributed by atoms with van der Waals surface area (Å²) in [7, 11) is 4.22. The maximum absolute atomic E-state index is 6.46. The minimum absolute atomic E-state index is 0.132. The van der Waals surface area contributed by atoms with Crippen molar-refractivity contribution in [2.24, 2.45) is 5.73 Å². The molecule has 0 spiro atoms. The lowest BCUT2D eigenvalue weighted by Crippen LogP contribution is -2.47. The first-order valence-electron chi connectivity index (χ1n) is 7.16. The van der Waals surface area contributed by atoms with Gasteiger partial charge in [0.25, 0.3) is 0 Å². The molecule has 0 amide bonds. The predicted molar refractivity (Wildman–Crippen MR) is 85.7 cm³/mol. The molecule has 0 aliphatic carbocycles. The van der Waals surface area contributed by atoms with Gasteiger partial charge in [-0.1, -0.05) is 60.7 Å². The summed E-state index contributed by atoms with van der Waals surface area (Å²) < 4.78 is 0. The number of nitrogens with two attached hydrogens (primary N) is 1. The molecule has 0 saturated heterocycles. The molecule has 0 bridgehead atoms. The fraction of sp³-hybridized carbons (Fsp3) is 0.333. The van der Waals surface area contributed by atoms with Gasteiger partial charge in [0.2, 0.25) is 0 Å². The van der Waals surface area contributed by atoms with Gasteiger partial charge < -0.3 is 10.6 Å². The normalized spacial score (nSPS) is 14.2. The highest BCUT2D eigenvalue weighted by molar-refractivity contribution is 5.19. The van der Waals surface area contributed by atoms with Gasteiger partial charge in [-0.15, -0.1) is 0 Å². The highest BCUT2D eigenvalue weighted by atomic mass is 15.1. The first kappa shape index (κ1) is 14.8. The van der Waals surface area contributed by atoms with Crippen molar-refractivity contribution in [3.05, 3.63) is 71.8 Å². The van der Waals surface area contributed by atoms with Crippen molar-refractivity contribution in [3.8, 4) is 0 Å². The molecule has 2 unspecified atom stereocenters. The van der Waals surface area contributed by atoms with Gasteiger partial charge in [-0.3, -0.25) is 0 Å². The maximum atomic E-state index is 6.46. The molecular weight excluding hydrogens is 244 g/mol. The monoisotopic (exact) mass is 268 g/mol. The Bertz CT molecular complexity index is 493. The van der Waals surface area contributed by atoms with E-state index in [4.69, 9.17) is 5.73 Å². The molecule has 2 atom stereocenters. The van der Waals surface area contributed by atoms with Crippen molar-refractivity contribution in [2.75, 3.05) is 14.1 Å². The molecule has 0 heterocycles. The second kappa shape index (κ2) is 7.22. The summed E-state index contributed by atoms with van der Waals surface area (Å²) in [5.74, 6) is 0. The minimum atomic E-state index is 0.132. The first-order chi connectivity index (χ1) is 9.66. The van der Waals surface area contributed by atoms with Crippen LogP contribution in [0.25, 0.3) is 0 Å². The fourth-order valence-corrected chi connectivity index (χ4v) is 2.59. The van der Waals surface area contributed by atoms with Crippen LogP contribution in [0.4, 0.5) is 0 Å². The Morgan fingerprint density at radius 2 is 1.25 bits per heavy atom. The summed E-state index contributed by atoms with van der Waals surface area (Å²) in [6.45, 7) is 0. The molecule has 2 rings (SSSR count). The molecule has 2 aromatic rings. The third-order valence-electron chi connectivity index (χ3n) is 3.76. The van der Waals surface area contributed by atoms with E-state index in [1.165, 1.54) is 11.1 Å². The van der Waals surface area contributed by atoms with E-state index >= 15 is 0 Å². The third kappa shape index (κ3) is 4.19. The lowest BCUT2D eigenvalue weighted by atomic mass is 9.94. The molecule has 106 valence electrons. The lowest BCUT2D eigenvalue weighted by molar-refractivity contribution is 0.250. The Balaban J connectivity index is 2.04. The second-order valence-corrected chi connectivity index (χ2v) is 5.57. The smallest absolute Gasteiger partial charge is 0.0284 e. The predicted octanol–water partition coefficient (Wildman–Crippen LogP) is 2.73. The van der Waals surface area contributed by atoms with Crippen molar-refractivity contribution < 1.29 is 0 Å². The number of likely N-dealkylation sites (N-methyl/N-ethyl adjacent to an activating group) is 1.